The van der Waals surface area contributed by atoms with Crippen LogP contribution in [0.4, 0.5) is 5.00 Å². The summed E-state index contributed by atoms with van der Waals surface area (Å²) in [6, 6.07) is 0. The molecule has 31 heavy (non-hydrogen) atoms. The Kier molecular flexibility index (Phi) is 5.75. The molecule has 0 radical (unpaired) electrons. The lowest BCUT2D eigenvalue weighted by molar-refractivity contribution is -0.151. The normalized spacial score (nSPS) is 29.5. The van der Waals surface area contributed by atoms with Gasteiger partial charge in [-0.25, -0.2) is 0 Å². The number of amides is 2. The van der Waals surface area contributed by atoms with Gasteiger partial charge in [-0.15, -0.1) is 11.3 Å². The molecule has 1 aromatic heterocycles. The van der Waals surface area contributed by atoms with Crippen molar-refractivity contribution in [2.24, 2.45) is 40.7 Å². The third-order valence-corrected chi connectivity index (χ3v) is 9.27. The molecule has 0 saturated heterocycles. The average molecular weight is 445 g/mol. The zero-order chi connectivity index (χ0) is 22.5. The van der Waals surface area contributed by atoms with Crippen LogP contribution >= 0.6 is 11.3 Å². The van der Waals surface area contributed by atoms with Gasteiger partial charge < -0.3 is 16.2 Å². The molecule has 4 N–H and O–H groups in total. The minimum absolute atomic E-state index is 0.0764. The second kappa shape index (κ2) is 8.08. The second-order valence-electron chi connectivity index (χ2n) is 10.0. The second-order valence-corrected chi connectivity index (χ2v) is 11.1. The first-order chi connectivity index (χ1) is 14.6. The number of nitrogens with one attached hydrogen (secondary N) is 1. The third-order valence-electron chi connectivity index (χ3n) is 8.10. The average Bonchev–Trinajstić information content (AvgIpc) is 3.10. The van der Waals surface area contributed by atoms with Crippen LogP contribution in [0.3, 0.4) is 0 Å². The van der Waals surface area contributed by atoms with E-state index in [0.717, 1.165) is 49.0 Å². The number of thiophene rings is 1. The van der Waals surface area contributed by atoms with Crippen LogP contribution in [0.1, 0.15) is 67.3 Å². The van der Waals surface area contributed by atoms with E-state index in [9.17, 15) is 19.5 Å². The van der Waals surface area contributed by atoms with Crippen LogP contribution in [0.15, 0.2) is 12.2 Å². The molecule has 6 nitrogen and oxygen atoms in total. The van der Waals surface area contributed by atoms with E-state index in [0.29, 0.717) is 16.5 Å². The van der Waals surface area contributed by atoms with Crippen molar-refractivity contribution in [1.29, 1.82) is 0 Å². The topological polar surface area (TPSA) is 109 Å². The molecule has 5 atom stereocenters. The fraction of sp³-hybridized carbons (Fsp3) is 0.625. The SMILES string of the molecule is CCC(C)(C)[C@@H]1CCc2c(sc(NC(=O)[C@@H]3[C@H](C(=O)O)[C@H]4C=C[C@H]3CC4)c2C(N)=O)C1. The van der Waals surface area contributed by atoms with Gasteiger partial charge >= 0.3 is 5.97 Å². The van der Waals surface area contributed by atoms with Gasteiger partial charge in [-0.3, -0.25) is 14.4 Å². The van der Waals surface area contributed by atoms with Gasteiger partial charge in [-0.2, -0.15) is 0 Å². The van der Waals surface area contributed by atoms with Crippen LogP contribution in [0.5, 0.6) is 0 Å². The number of nitrogens with two attached hydrogens (primary N) is 1. The number of carboxylic acids is 1. The molecule has 0 spiro atoms. The quantitative estimate of drug-likeness (QED) is 0.570. The Morgan fingerprint density at radius 1 is 1.16 bits per heavy atom. The van der Waals surface area contributed by atoms with Gasteiger partial charge in [0, 0.05) is 4.88 Å². The van der Waals surface area contributed by atoms with Gasteiger partial charge in [0.25, 0.3) is 5.91 Å². The van der Waals surface area contributed by atoms with E-state index in [1.54, 1.807) is 0 Å². The minimum Gasteiger partial charge on any atom is -0.481 e. The summed E-state index contributed by atoms with van der Waals surface area (Å²) in [6.07, 6.45) is 9.30. The largest absolute Gasteiger partial charge is 0.481 e. The Morgan fingerprint density at radius 3 is 2.35 bits per heavy atom. The molecule has 168 valence electrons. The van der Waals surface area contributed by atoms with Crippen molar-refractivity contribution in [3.63, 3.8) is 0 Å². The smallest absolute Gasteiger partial charge is 0.307 e. The third kappa shape index (κ3) is 3.81. The predicted octanol–water partition coefficient (Wildman–Crippen LogP) is 4.24. The Bertz CT molecular complexity index is 948. The zero-order valence-corrected chi connectivity index (χ0v) is 19.3. The minimum atomic E-state index is -0.926. The maximum Gasteiger partial charge on any atom is 0.307 e. The Labute approximate surface area is 187 Å². The van der Waals surface area contributed by atoms with Crippen molar-refractivity contribution in [1.82, 2.24) is 0 Å². The molecule has 4 aliphatic carbocycles. The standard InChI is InChI=1S/C24H32N2O4S/c1-4-24(2,3)14-9-10-15-16(11-14)31-22(19(15)20(25)27)26-21(28)17-12-5-7-13(8-6-12)18(17)23(29)30/h5,7,12-14,17-18H,4,6,8-11H2,1-3H3,(H2,25,27)(H,26,28)(H,29,30)/t12-,13-,14+,17-,18+/m0/s1. The molecule has 7 heteroatoms. The fourth-order valence-electron chi connectivity index (χ4n) is 5.77. The van der Waals surface area contributed by atoms with E-state index in [4.69, 9.17) is 5.73 Å². The molecule has 1 fully saturated rings. The number of primary amides is 1. The van der Waals surface area contributed by atoms with E-state index >= 15 is 0 Å². The van der Waals surface area contributed by atoms with E-state index in [1.807, 2.05) is 12.2 Å². The Balaban J connectivity index is 1.62. The Hall–Kier alpha value is -2.15. The summed E-state index contributed by atoms with van der Waals surface area (Å²) >= 11 is 1.44. The summed E-state index contributed by atoms with van der Waals surface area (Å²) in [4.78, 5) is 38.6. The summed E-state index contributed by atoms with van der Waals surface area (Å²) in [5.41, 5.74) is 7.33. The van der Waals surface area contributed by atoms with Crippen LogP contribution in [0.2, 0.25) is 0 Å². The van der Waals surface area contributed by atoms with Crippen LogP contribution < -0.4 is 11.1 Å². The molecule has 2 bridgehead atoms. The van der Waals surface area contributed by atoms with Crippen LogP contribution in [-0.2, 0) is 22.4 Å². The highest BCUT2D eigenvalue weighted by Crippen LogP contribution is 2.48. The summed E-state index contributed by atoms with van der Waals surface area (Å²) in [5, 5.41) is 13.2. The van der Waals surface area contributed by atoms with Gasteiger partial charge in [0.15, 0.2) is 0 Å². The molecule has 1 aromatic rings. The fourth-order valence-corrected chi connectivity index (χ4v) is 7.11. The summed E-state index contributed by atoms with van der Waals surface area (Å²) in [6.45, 7) is 6.77. The van der Waals surface area contributed by atoms with Gasteiger partial charge in [0.1, 0.15) is 5.00 Å². The molecule has 0 unspecified atom stereocenters. The molecule has 0 aliphatic heterocycles. The predicted molar refractivity (Wildman–Crippen MR) is 121 cm³/mol. The number of carboxylic acid groups (broad SMARTS) is 1. The number of anilines is 1. The maximum absolute atomic E-state index is 13.3. The first-order valence-electron chi connectivity index (χ1n) is 11.3. The number of carbonyl (C=O) groups is 3. The van der Waals surface area contributed by atoms with Gasteiger partial charge in [-0.1, -0.05) is 39.3 Å². The van der Waals surface area contributed by atoms with Crippen molar-refractivity contribution in [2.45, 2.75) is 59.3 Å². The van der Waals surface area contributed by atoms with E-state index in [2.05, 4.69) is 26.1 Å². The number of allylic oxidation sites excluding steroid dienone is 2. The number of aliphatic carboxylic acids is 1. The highest BCUT2D eigenvalue weighted by atomic mass is 32.1. The number of hydrogen-bond donors (Lipinski definition) is 3. The summed E-state index contributed by atoms with van der Waals surface area (Å²) in [5.74, 6) is -2.76. The van der Waals surface area contributed by atoms with Crippen molar-refractivity contribution < 1.29 is 19.5 Å². The molecule has 0 aromatic carbocycles. The lowest BCUT2D eigenvalue weighted by Crippen LogP contribution is -2.47. The molecule has 1 heterocycles. The van der Waals surface area contributed by atoms with Crippen molar-refractivity contribution in [3.8, 4) is 0 Å². The molecule has 5 rings (SSSR count). The first-order valence-corrected chi connectivity index (χ1v) is 12.1. The molecule has 4 aliphatic rings. The molecular weight excluding hydrogens is 412 g/mol. The summed E-state index contributed by atoms with van der Waals surface area (Å²) in [7, 11) is 0. The highest BCUT2D eigenvalue weighted by Gasteiger charge is 2.48. The highest BCUT2D eigenvalue weighted by molar-refractivity contribution is 7.17. The summed E-state index contributed by atoms with van der Waals surface area (Å²) < 4.78 is 0. The number of hydrogen-bond acceptors (Lipinski definition) is 4. The molecule has 2 amide bonds. The van der Waals surface area contributed by atoms with Crippen molar-refractivity contribution >= 4 is 34.1 Å². The first kappa shape index (κ1) is 22.1. The van der Waals surface area contributed by atoms with Crippen molar-refractivity contribution in [2.75, 3.05) is 5.32 Å². The molecule has 1 saturated carbocycles. The van der Waals surface area contributed by atoms with Gasteiger partial charge in [0.05, 0.1) is 17.4 Å². The lowest BCUT2D eigenvalue weighted by Gasteiger charge is -2.41. The van der Waals surface area contributed by atoms with E-state index in [1.165, 1.54) is 11.3 Å². The monoisotopic (exact) mass is 444 g/mol. The zero-order valence-electron chi connectivity index (χ0n) is 18.4. The molecular formula is C24H32N2O4S. The van der Waals surface area contributed by atoms with Crippen LogP contribution in [0.25, 0.3) is 0 Å². The Morgan fingerprint density at radius 2 is 1.81 bits per heavy atom. The maximum atomic E-state index is 13.3. The van der Waals surface area contributed by atoms with Crippen LogP contribution in [-0.4, -0.2) is 22.9 Å². The van der Waals surface area contributed by atoms with E-state index < -0.39 is 23.7 Å². The van der Waals surface area contributed by atoms with E-state index in [-0.39, 0.29) is 23.2 Å². The lowest BCUT2D eigenvalue weighted by atomic mass is 9.62. The van der Waals surface area contributed by atoms with Crippen molar-refractivity contribution in [3.05, 3.63) is 28.2 Å². The number of rotatable bonds is 6. The van der Waals surface area contributed by atoms with Crippen LogP contribution in [0, 0.1) is 35.0 Å². The van der Waals surface area contributed by atoms with Gasteiger partial charge in [-0.05, 0) is 60.8 Å². The van der Waals surface area contributed by atoms with Gasteiger partial charge in [0.2, 0.25) is 5.91 Å². The number of carbonyl (C=O) groups excluding carboxylic acids is 2. The number of fused-ring (bicyclic) bond motifs is 3.